The maximum Gasteiger partial charge on any atom is 0.410 e. The Morgan fingerprint density at radius 1 is 1.14 bits per heavy atom. The minimum Gasteiger partial charge on any atom is -0.480 e. The van der Waals surface area contributed by atoms with Gasteiger partial charge in [-0.1, -0.05) is 19.0 Å². The van der Waals surface area contributed by atoms with Gasteiger partial charge in [0.25, 0.3) is 0 Å². The molecule has 164 valence electrons. The first-order valence-corrected chi connectivity index (χ1v) is 9.47. The fraction of sp³-hybridized carbons (Fsp3) is 0.737. The van der Waals surface area contributed by atoms with E-state index in [4.69, 9.17) is 9.26 Å². The third-order valence-corrected chi connectivity index (χ3v) is 4.17. The zero-order chi connectivity index (χ0) is 22.5. The van der Waals surface area contributed by atoms with Crippen LogP contribution in [-0.2, 0) is 20.7 Å². The Balaban J connectivity index is 3.08. The molecule has 0 saturated carbocycles. The maximum absolute atomic E-state index is 13.2. The molecular formula is C19H32N4O6. The van der Waals surface area contributed by atoms with Crippen molar-refractivity contribution in [3.8, 4) is 0 Å². The Bertz CT molecular complexity index is 725. The number of ether oxygens (including phenoxy) is 1. The van der Waals surface area contributed by atoms with Crippen molar-refractivity contribution in [3.63, 3.8) is 0 Å². The van der Waals surface area contributed by atoms with E-state index < -0.39 is 35.7 Å². The number of amides is 2. The molecule has 2 atom stereocenters. The van der Waals surface area contributed by atoms with E-state index >= 15 is 0 Å². The lowest BCUT2D eigenvalue weighted by molar-refractivity contribution is -0.151. The van der Waals surface area contributed by atoms with Gasteiger partial charge in [-0.2, -0.15) is 4.98 Å². The summed E-state index contributed by atoms with van der Waals surface area (Å²) in [6.07, 6.45) is -0.433. The van der Waals surface area contributed by atoms with Crippen molar-refractivity contribution in [3.05, 3.63) is 11.7 Å². The average molecular weight is 412 g/mol. The van der Waals surface area contributed by atoms with Crippen LogP contribution >= 0.6 is 0 Å². The van der Waals surface area contributed by atoms with Gasteiger partial charge < -0.3 is 19.3 Å². The number of likely N-dealkylation sites (N-methyl/N-ethyl adjacent to an activating group) is 2. The molecule has 0 radical (unpaired) electrons. The molecule has 0 aromatic carbocycles. The summed E-state index contributed by atoms with van der Waals surface area (Å²) in [6, 6.07) is -2.09. The first-order valence-electron chi connectivity index (χ1n) is 9.47. The number of carbonyl (C=O) groups is 3. The Kier molecular flexibility index (Phi) is 8.16. The smallest absolute Gasteiger partial charge is 0.410 e. The van der Waals surface area contributed by atoms with Crippen molar-refractivity contribution in [2.24, 2.45) is 5.92 Å². The Morgan fingerprint density at radius 2 is 1.72 bits per heavy atom. The van der Waals surface area contributed by atoms with Crippen LogP contribution in [0.2, 0.25) is 0 Å². The van der Waals surface area contributed by atoms with Crippen LogP contribution in [0.1, 0.15) is 52.8 Å². The molecule has 0 unspecified atom stereocenters. The lowest BCUT2D eigenvalue weighted by Gasteiger charge is -2.34. The molecule has 10 heteroatoms. The van der Waals surface area contributed by atoms with Crippen molar-refractivity contribution >= 4 is 18.0 Å². The zero-order valence-corrected chi connectivity index (χ0v) is 18.4. The molecule has 0 aliphatic carbocycles. The summed E-state index contributed by atoms with van der Waals surface area (Å²) in [4.78, 5) is 43.8. The largest absolute Gasteiger partial charge is 0.480 e. The number of carbonyl (C=O) groups excluding carboxylic acids is 2. The summed E-state index contributed by atoms with van der Waals surface area (Å²) in [5.74, 6) is -1.13. The van der Waals surface area contributed by atoms with Crippen LogP contribution in [0.25, 0.3) is 0 Å². The minimum atomic E-state index is -1.22. The third-order valence-electron chi connectivity index (χ3n) is 4.17. The zero-order valence-electron chi connectivity index (χ0n) is 18.4. The van der Waals surface area contributed by atoms with Crippen LogP contribution < -0.4 is 0 Å². The predicted octanol–water partition coefficient (Wildman–Crippen LogP) is 2.11. The number of hydrogen-bond donors (Lipinski definition) is 1. The minimum absolute atomic E-state index is 0.0871. The summed E-state index contributed by atoms with van der Waals surface area (Å²) in [6.45, 7) is 10.6. The molecule has 0 spiro atoms. The van der Waals surface area contributed by atoms with Gasteiger partial charge in [-0.25, -0.2) is 9.59 Å². The molecule has 1 N–H and O–H groups in total. The molecule has 0 bridgehead atoms. The monoisotopic (exact) mass is 412 g/mol. The fourth-order valence-corrected chi connectivity index (χ4v) is 2.70. The van der Waals surface area contributed by atoms with Crippen LogP contribution in [0.15, 0.2) is 4.52 Å². The number of hydrogen-bond acceptors (Lipinski definition) is 7. The van der Waals surface area contributed by atoms with Gasteiger partial charge in [0.15, 0.2) is 5.82 Å². The van der Waals surface area contributed by atoms with Gasteiger partial charge in [0, 0.05) is 14.1 Å². The van der Waals surface area contributed by atoms with Gasteiger partial charge in [0.2, 0.25) is 11.8 Å². The van der Waals surface area contributed by atoms with Crippen molar-refractivity contribution in [2.45, 2.75) is 72.1 Å². The second kappa shape index (κ2) is 9.71. The third kappa shape index (κ3) is 7.35. The molecule has 1 rings (SSSR count). The molecule has 0 aliphatic rings. The van der Waals surface area contributed by atoms with Crippen molar-refractivity contribution in [1.82, 2.24) is 19.9 Å². The van der Waals surface area contributed by atoms with Gasteiger partial charge in [0.1, 0.15) is 17.7 Å². The van der Waals surface area contributed by atoms with Crippen LogP contribution in [0.4, 0.5) is 4.79 Å². The topological polar surface area (TPSA) is 126 Å². The number of aromatic nitrogens is 2. The molecule has 29 heavy (non-hydrogen) atoms. The number of aryl methyl sites for hydroxylation is 1. The molecule has 0 saturated heterocycles. The molecule has 2 amide bonds. The number of carboxylic acid groups (broad SMARTS) is 1. The SMILES string of the molecule is Cc1noc(C[C@H](C(=O)O)N(C)C(=O)[C@H](CC(C)C)N(C)C(=O)OC(C)(C)C)n1. The van der Waals surface area contributed by atoms with Crippen molar-refractivity contribution < 1.29 is 28.8 Å². The standard InChI is InChI=1S/C19H32N4O6/c1-11(2)9-13(23(8)18(27)28-19(4,5)6)16(24)22(7)14(17(25)26)10-15-20-12(3)21-29-15/h11,13-14H,9-10H2,1-8H3,(H,25,26)/t13-,14+/m0/s1. The summed E-state index contributed by atoms with van der Waals surface area (Å²) >= 11 is 0. The quantitative estimate of drug-likeness (QED) is 0.688. The van der Waals surface area contributed by atoms with Crippen molar-refractivity contribution in [2.75, 3.05) is 14.1 Å². The van der Waals surface area contributed by atoms with E-state index in [9.17, 15) is 19.5 Å². The van der Waals surface area contributed by atoms with Crippen LogP contribution in [0.5, 0.6) is 0 Å². The highest BCUT2D eigenvalue weighted by Crippen LogP contribution is 2.19. The van der Waals surface area contributed by atoms with Crippen molar-refractivity contribution in [1.29, 1.82) is 0 Å². The molecule has 10 nitrogen and oxygen atoms in total. The van der Waals surface area contributed by atoms with E-state index in [1.165, 1.54) is 19.0 Å². The van der Waals surface area contributed by atoms with E-state index in [1.54, 1.807) is 27.7 Å². The lowest BCUT2D eigenvalue weighted by atomic mass is 10.0. The summed E-state index contributed by atoms with van der Waals surface area (Å²) in [7, 11) is 2.87. The molecule has 0 fully saturated rings. The highest BCUT2D eigenvalue weighted by atomic mass is 16.6. The number of rotatable bonds is 8. The van der Waals surface area contributed by atoms with Gasteiger partial charge in [-0.05, 0) is 40.0 Å². The number of carboxylic acids is 1. The maximum atomic E-state index is 13.2. The normalized spacial score (nSPS) is 13.7. The second-order valence-corrected chi connectivity index (χ2v) is 8.48. The first-order chi connectivity index (χ1) is 13.2. The Morgan fingerprint density at radius 3 is 2.14 bits per heavy atom. The van der Waals surface area contributed by atoms with Gasteiger partial charge in [-0.15, -0.1) is 0 Å². The van der Waals surface area contributed by atoms with Gasteiger partial charge in [-0.3, -0.25) is 9.69 Å². The average Bonchev–Trinajstić information content (AvgIpc) is 2.98. The molecule has 1 heterocycles. The van der Waals surface area contributed by atoms with Crippen LogP contribution in [-0.4, -0.2) is 74.8 Å². The highest BCUT2D eigenvalue weighted by molar-refractivity contribution is 5.89. The van der Waals surface area contributed by atoms with E-state index in [2.05, 4.69) is 10.1 Å². The van der Waals surface area contributed by atoms with Crippen LogP contribution in [0.3, 0.4) is 0 Å². The molecule has 1 aromatic rings. The molecular weight excluding hydrogens is 380 g/mol. The Hall–Kier alpha value is -2.65. The summed E-state index contributed by atoms with van der Waals surface area (Å²) < 4.78 is 10.4. The summed E-state index contributed by atoms with van der Waals surface area (Å²) in [5.41, 5.74) is -0.720. The van der Waals surface area contributed by atoms with Gasteiger partial charge >= 0.3 is 12.1 Å². The first kappa shape index (κ1) is 24.4. The van der Waals surface area contributed by atoms with E-state index in [0.717, 1.165) is 4.90 Å². The summed E-state index contributed by atoms with van der Waals surface area (Å²) in [5, 5.41) is 13.3. The van der Waals surface area contributed by atoms with E-state index in [0.29, 0.717) is 12.2 Å². The highest BCUT2D eigenvalue weighted by Gasteiger charge is 2.37. The lowest BCUT2D eigenvalue weighted by Crippen LogP contribution is -2.54. The number of nitrogens with zero attached hydrogens (tertiary/aromatic N) is 4. The predicted molar refractivity (Wildman–Crippen MR) is 104 cm³/mol. The van der Waals surface area contributed by atoms with Gasteiger partial charge in [0.05, 0.1) is 6.42 Å². The Labute approximate surface area is 171 Å². The van der Waals surface area contributed by atoms with E-state index in [-0.39, 0.29) is 18.2 Å². The number of aliphatic carboxylic acids is 1. The molecule has 0 aliphatic heterocycles. The molecule has 1 aromatic heterocycles. The van der Waals surface area contributed by atoms with Crippen LogP contribution in [0, 0.1) is 12.8 Å². The fourth-order valence-electron chi connectivity index (χ4n) is 2.70. The van der Waals surface area contributed by atoms with E-state index in [1.807, 2.05) is 13.8 Å². The second-order valence-electron chi connectivity index (χ2n) is 8.48.